The maximum Gasteiger partial charge on any atom is 0.161 e. The fourth-order valence-electron chi connectivity index (χ4n) is 0.753. The zero-order valence-electron chi connectivity index (χ0n) is 6.16. The highest BCUT2D eigenvalue weighted by Gasteiger charge is 1.97. The highest BCUT2D eigenvalue weighted by atomic mass is 16.1. The van der Waals surface area contributed by atoms with Crippen molar-refractivity contribution in [2.75, 3.05) is 0 Å². The summed E-state index contributed by atoms with van der Waals surface area (Å²) in [7, 11) is 0. The first kappa shape index (κ1) is 7.66. The Bertz CT molecular complexity index is 254. The molecule has 0 spiro atoms. The maximum atomic E-state index is 10.8. The monoisotopic (exact) mass is 147 g/mol. The summed E-state index contributed by atoms with van der Waals surface area (Å²) in [4.78, 5) is 14.8. The van der Waals surface area contributed by atoms with Crippen molar-refractivity contribution in [1.29, 1.82) is 0 Å². The lowest BCUT2D eigenvalue weighted by Crippen LogP contribution is -1.99. The van der Waals surface area contributed by atoms with Gasteiger partial charge in [0, 0.05) is 11.9 Å². The van der Waals surface area contributed by atoms with Gasteiger partial charge in [-0.3, -0.25) is 9.78 Å². The lowest BCUT2D eigenvalue weighted by Gasteiger charge is -1.93. The van der Waals surface area contributed by atoms with Crippen molar-refractivity contribution in [3.05, 3.63) is 42.7 Å². The Morgan fingerprint density at radius 2 is 2.45 bits per heavy atom. The van der Waals surface area contributed by atoms with Gasteiger partial charge in [0.1, 0.15) is 0 Å². The Morgan fingerprint density at radius 3 is 3.00 bits per heavy atom. The van der Waals surface area contributed by atoms with Crippen LogP contribution in [-0.4, -0.2) is 10.8 Å². The molecular formula is C9H9NO. The van der Waals surface area contributed by atoms with Gasteiger partial charge in [-0.15, -0.1) is 0 Å². The van der Waals surface area contributed by atoms with Crippen molar-refractivity contribution >= 4 is 5.78 Å². The van der Waals surface area contributed by atoms with Gasteiger partial charge in [-0.1, -0.05) is 12.6 Å². The van der Waals surface area contributed by atoms with E-state index in [-0.39, 0.29) is 5.78 Å². The number of ketones is 1. The lowest BCUT2D eigenvalue weighted by molar-refractivity contribution is -0.114. The molecule has 2 heteroatoms. The molecule has 1 heterocycles. The van der Waals surface area contributed by atoms with Gasteiger partial charge in [-0.25, -0.2) is 0 Å². The SMILES string of the molecule is C=CC(=O)Cc1ccccn1. The third-order valence-corrected chi connectivity index (χ3v) is 1.31. The number of carbonyl (C=O) groups is 1. The quantitative estimate of drug-likeness (QED) is 0.604. The van der Waals surface area contributed by atoms with Crippen LogP contribution in [0.15, 0.2) is 37.1 Å². The lowest BCUT2D eigenvalue weighted by atomic mass is 10.2. The van der Waals surface area contributed by atoms with Gasteiger partial charge in [0.15, 0.2) is 5.78 Å². The number of rotatable bonds is 3. The second-order valence-electron chi connectivity index (χ2n) is 2.17. The van der Waals surface area contributed by atoms with Gasteiger partial charge in [-0.2, -0.15) is 0 Å². The first-order valence-corrected chi connectivity index (χ1v) is 3.38. The van der Waals surface area contributed by atoms with Crippen LogP contribution in [0.3, 0.4) is 0 Å². The predicted octanol–water partition coefficient (Wildman–Crippen LogP) is 1.38. The molecule has 0 fully saturated rings. The molecule has 0 bridgehead atoms. The molecule has 11 heavy (non-hydrogen) atoms. The molecule has 0 saturated heterocycles. The molecule has 0 aliphatic heterocycles. The van der Waals surface area contributed by atoms with Crippen molar-refractivity contribution in [3.8, 4) is 0 Å². The molecule has 56 valence electrons. The van der Waals surface area contributed by atoms with Crippen LogP contribution in [0.25, 0.3) is 0 Å². The van der Waals surface area contributed by atoms with E-state index in [1.54, 1.807) is 6.20 Å². The van der Waals surface area contributed by atoms with Gasteiger partial charge in [0.2, 0.25) is 0 Å². The number of allylic oxidation sites excluding steroid dienone is 1. The zero-order chi connectivity index (χ0) is 8.10. The van der Waals surface area contributed by atoms with Crippen molar-refractivity contribution in [2.24, 2.45) is 0 Å². The van der Waals surface area contributed by atoms with Crippen LogP contribution < -0.4 is 0 Å². The van der Waals surface area contributed by atoms with E-state index in [0.717, 1.165) is 5.69 Å². The Kier molecular flexibility index (Phi) is 2.55. The molecule has 1 rings (SSSR count). The molecule has 0 N–H and O–H groups in total. The van der Waals surface area contributed by atoms with E-state index in [0.29, 0.717) is 6.42 Å². The minimum absolute atomic E-state index is 0.00343. The number of hydrogen-bond acceptors (Lipinski definition) is 2. The van der Waals surface area contributed by atoms with Crippen molar-refractivity contribution in [2.45, 2.75) is 6.42 Å². The standard InChI is InChI=1S/C9H9NO/c1-2-9(11)7-8-5-3-4-6-10-8/h2-6H,1,7H2. The van der Waals surface area contributed by atoms with Crippen LogP contribution >= 0.6 is 0 Å². The summed E-state index contributed by atoms with van der Waals surface area (Å²) in [5, 5.41) is 0. The van der Waals surface area contributed by atoms with Gasteiger partial charge >= 0.3 is 0 Å². The van der Waals surface area contributed by atoms with E-state index in [4.69, 9.17) is 0 Å². The minimum atomic E-state index is 0.00343. The van der Waals surface area contributed by atoms with Crippen LogP contribution in [0, 0.1) is 0 Å². The first-order valence-electron chi connectivity index (χ1n) is 3.38. The number of carbonyl (C=O) groups excluding carboxylic acids is 1. The van der Waals surface area contributed by atoms with Gasteiger partial charge in [-0.05, 0) is 18.2 Å². The molecule has 0 unspecified atom stereocenters. The summed E-state index contributed by atoms with van der Waals surface area (Å²) < 4.78 is 0. The van der Waals surface area contributed by atoms with Crippen LogP contribution in [0.5, 0.6) is 0 Å². The zero-order valence-corrected chi connectivity index (χ0v) is 6.16. The van der Waals surface area contributed by atoms with E-state index >= 15 is 0 Å². The second kappa shape index (κ2) is 3.66. The fourth-order valence-corrected chi connectivity index (χ4v) is 0.753. The number of pyridine rings is 1. The normalized spacial score (nSPS) is 9.09. The molecular weight excluding hydrogens is 138 g/mol. The number of nitrogens with zero attached hydrogens (tertiary/aromatic N) is 1. The molecule has 1 aromatic heterocycles. The minimum Gasteiger partial charge on any atom is -0.294 e. The number of hydrogen-bond donors (Lipinski definition) is 0. The van der Waals surface area contributed by atoms with Crippen molar-refractivity contribution in [3.63, 3.8) is 0 Å². The largest absolute Gasteiger partial charge is 0.294 e. The Labute approximate surface area is 65.6 Å². The van der Waals surface area contributed by atoms with Crippen LogP contribution in [0.1, 0.15) is 5.69 Å². The summed E-state index contributed by atoms with van der Waals surface area (Å²) in [6.45, 7) is 3.38. The molecule has 0 saturated carbocycles. The molecule has 0 amide bonds. The average Bonchev–Trinajstić information content (AvgIpc) is 2.06. The van der Waals surface area contributed by atoms with E-state index in [1.165, 1.54) is 6.08 Å². The first-order chi connectivity index (χ1) is 5.33. The smallest absolute Gasteiger partial charge is 0.161 e. The van der Waals surface area contributed by atoms with E-state index in [1.807, 2.05) is 18.2 Å². The highest BCUT2D eigenvalue weighted by Crippen LogP contribution is 1.95. The second-order valence-corrected chi connectivity index (χ2v) is 2.17. The summed E-state index contributed by atoms with van der Waals surface area (Å²) in [5.41, 5.74) is 0.789. The molecule has 0 radical (unpaired) electrons. The summed E-state index contributed by atoms with van der Waals surface area (Å²) in [6, 6.07) is 5.50. The molecule has 0 atom stereocenters. The summed E-state index contributed by atoms with van der Waals surface area (Å²) in [6.07, 6.45) is 3.34. The van der Waals surface area contributed by atoms with Crippen LogP contribution in [-0.2, 0) is 11.2 Å². The number of aromatic nitrogens is 1. The van der Waals surface area contributed by atoms with Crippen molar-refractivity contribution < 1.29 is 4.79 Å². The molecule has 1 aromatic rings. The highest BCUT2D eigenvalue weighted by molar-refractivity contribution is 5.90. The van der Waals surface area contributed by atoms with E-state index < -0.39 is 0 Å². The van der Waals surface area contributed by atoms with E-state index in [9.17, 15) is 4.79 Å². The van der Waals surface area contributed by atoms with Crippen LogP contribution in [0.2, 0.25) is 0 Å². The van der Waals surface area contributed by atoms with Gasteiger partial charge < -0.3 is 0 Å². The molecule has 0 aliphatic carbocycles. The van der Waals surface area contributed by atoms with Gasteiger partial charge in [0.25, 0.3) is 0 Å². The predicted molar refractivity (Wildman–Crippen MR) is 43.1 cm³/mol. The molecule has 0 aliphatic rings. The Hall–Kier alpha value is -1.44. The molecule has 2 nitrogen and oxygen atoms in total. The van der Waals surface area contributed by atoms with Crippen molar-refractivity contribution in [1.82, 2.24) is 4.98 Å². The average molecular weight is 147 g/mol. The fraction of sp³-hybridized carbons (Fsp3) is 0.111. The topological polar surface area (TPSA) is 30.0 Å². The molecule has 0 aromatic carbocycles. The third kappa shape index (κ3) is 2.34. The van der Waals surface area contributed by atoms with Gasteiger partial charge in [0.05, 0.1) is 6.42 Å². The summed E-state index contributed by atoms with van der Waals surface area (Å²) in [5.74, 6) is 0.00343. The Morgan fingerprint density at radius 1 is 1.64 bits per heavy atom. The van der Waals surface area contributed by atoms with E-state index in [2.05, 4.69) is 11.6 Å². The Balaban J connectivity index is 2.65. The summed E-state index contributed by atoms with van der Waals surface area (Å²) >= 11 is 0. The van der Waals surface area contributed by atoms with Crippen LogP contribution in [0.4, 0.5) is 0 Å². The third-order valence-electron chi connectivity index (χ3n) is 1.31. The maximum absolute atomic E-state index is 10.8.